The first kappa shape index (κ1) is 11.0. The first-order chi connectivity index (χ1) is 7.47. The van der Waals surface area contributed by atoms with E-state index in [0.29, 0.717) is 5.56 Å². The Kier molecular flexibility index (Phi) is 2.42. The van der Waals surface area contributed by atoms with E-state index in [1.807, 2.05) is 6.92 Å². The van der Waals surface area contributed by atoms with Gasteiger partial charge in [0.25, 0.3) is 5.69 Å². The number of halogens is 1. The molecule has 1 aliphatic carbocycles. The number of hydrogen-bond acceptors (Lipinski definition) is 3. The van der Waals surface area contributed by atoms with Crippen LogP contribution < -0.4 is 5.73 Å². The lowest BCUT2D eigenvalue weighted by molar-refractivity contribution is -0.385. The Morgan fingerprint density at radius 3 is 2.56 bits per heavy atom. The Labute approximate surface area is 92.4 Å². The van der Waals surface area contributed by atoms with Crippen LogP contribution >= 0.6 is 0 Å². The molecule has 1 saturated carbocycles. The molecule has 0 heterocycles. The van der Waals surface area contributed by atoms with E-state index < -0.39 is 10.7 Å². The summed E-state index contributed by atoms with van der Waals surface area (Å²) in [5.74, 6) is -0.524. The summed E-state index contributed by atoms with van der Waals surface area (Å²) in [4.78, 5) is 9.88. The highest BCUT2D eigenvalue weighted by Crippen LogP contribution is 2.51. The predicted molar refractivity (Wildman–Crippen MR) is 57.6 cm³/mol. The average Bonchev–Trinajstić information content (AvgIpc) is 2.98. The molecule has 0 spiro atoms. The standard InChI is InChI=1S/C11H13FN2O2/c1-7(13)11(4-5-11)9-3-2-8(14(15)16)6-10(9)12/h2-3,6-7H,4-5,13H2,1H3. The van der Waals surface area contributed by atoms with E-state index in [1.54, 1.807) is 0 Å². The average molecular weight is 224 g/mol. The van der Waals surface area contributed by atoms with Gasteiger partial charge in [-0.25, -0.2) is 4.39 Å². The maximum atomic E-state index is 13.7. The fraction of sp³-hybridized carbons (Fsp3) is 0.455. The van der Waals surface area contributed by atoms with Gasteiger partial charge in [-0.3, -0.25) is 10.1 Å². The lowest BCUT2D eigenvalue weighted by Crippen LogP contribution is -2.32. The van der Waals surface area contributed by atoms with Crippen LogP contribution in [0.1, 0.15) is 25.3 Å². The third-order valence-corrected chi connectivity index (χ3v) is 3.36. The molecule has 2 rings (SSSR count). The van der Waals surface area contributed by atoms with E-state index in [-0.39, 0.29) is 17.1 Å². The number of benzene rings is 1. The smallest absolute Gasteiger partial charge is 0.272 e. The van der Waals surface area contributed by atoms with Crippen molar-refractivity contribution in [3.63, 3.8) is 0 Å². The number of hydrogen-bond donors (Lipinski definition) is 1. The zero-order chi connectivity index (χ0) is 11.9. The van der Waals surface area contributed by atoms with Gasteiger partial charge in [-0.2, -0.15) is 0 Å². The molecule has 4 nitrogen and oxygen atoms in total. The molecule has 0 bridgehead atoms. The van der Waals surface area contributed by atoms with Crippen molar-refractivity contribution in [2.45, 2.75) is 31.2 Å². The van der Waals surface area contributed by atoms with Crippen molar-refractivity contribution in [3.05, 3.63) is 39.7 Å². The predicted octanol–water partition coefficient (Wildman–Crippen LogP) is 2.11. The van der Waals surface area contributed by atoms with Gasteiger partial charge in [0.2, 0.25) is 0 Å². The van der Waals surface area contributed by atoms with Crippen LogP contribution in [0.2, 0.25) is 0 Å². The molecule has 0 amide bonds. The lowest BCUT2D eigenvalue weighted by Gasteiger charge is -2.20. The number of nitro groups is 1. The summed E-state index contributed by atoms with van der Waals surface area (Å²) in [6.45, 7) is 1.84. The van der Waals surface area contributed by atoms with Crippen molar-refractivity contribution in [3.8, 4) is 0 Å². The number of nitrogens with two attached hydrogens (primary N) is 1. The number of nitrogens with zero attached hydrogens (tertiary/aromatic N) is 1. The molecular weight excluding hydrogens is 211 g/mol. The van der Waals surface area contributed by atoms with Crippen molar-refractivity contribution < 1.29 is 9.31 Å². The highest BCUT2D eigenvalue weighted by molar-refractivity contribution is 5.41. The first-order valence-electron chi connectivity index (χ1n) is 5.17. The van der Waals surface area contributed by atoms with Crippen molar-refractivity contribution in [1.29, 1.82) is 0 Å². The lowest BCUT2D eigenvalue weighted by atomic mass is 9.89. The van der Waals surface area contributed by atoms with Crippen molar-refractivity contribution in [2.75, 3.05) is 0 Å². The van der Waals surface area contributed by atoms with Crippen LogP contribution in [0, 0.1) is 15.9 Å². The molecule has 0 aliphatic heterocycles. The molecule has 86 valence electrons. The monoisotopic (exact) mass is 224 g/mol. The Morgan fingerprint density at radius 1 is 1.56 bits per heavy atom. The van der Waals surface area contributed by atoms with Crippen LogP contribution in [0.15, 0.2) is 18.2 Å². The van der Waals surface area contributed by atoms with Crippen molar-refractivity contribution in [2.24, 2.45) is 5.73 Å². The van der Waals surface area contributed by atoms with Gasteiger partial charge in [0, 0.05) is 17.5 Å². The molecule has 1 aliphatic rings. The Hall–Kier alpha value is -1.49. The van der Waals surface area contributed by atoms with Crippen LogP contribution in [0.25, 0.3) is 0 Å². The van der Waals surface area contributed by atoms with E-state index in [9.17, 15) is 14.5 Å². The van der Waals surface area contributed by atoms with Gasteiger partial charge >= 0.3 is 0 Å². The van der Waals surface area contributed by atoms with Gasteiger partial charge in [0.15, 0.2) is 0 Å². The van der Waals surface area contributed by atoms with E-state index in [2.05, 4.69) is 0 Å². The van der Waals surface area contributed by atoms with Crippen LogP contribution in [-0.2, 0) is 5.41 Å². The minimum Gasteiger partial charge on any atom is -0.327 e. The highest BCUT2D eigenvalue weighted by Gasteiger charge is 2.49. The molecule has 1 unspecified atom stereocenters. The highest BCUT2D eigenvalue weighted by atomic mass is 19.1. The minimum absolute atomic E-state index is 0.136. The largest absolute Gasteiger partial charge is 0.327 e. The Bertz CT molecular complexity index is 442. The summed E-state index contributed by atoms with van der Waals surface area (Å²) in [7, 11) is 0. The first-order valence-corrected chi connectivity index (χ1v) is 5.17. The molecule has 0 aromatic heterocycles. The summed E-state index contributed by atoms with van der Waals surface area (Å²) in [5, 5.41) is 10.5. The second kappa shape index (κ2) is 3.52. The Morgan fingerprint density at radius 2 is 2.19 bits per heavy atom. The van der Waals surface area contributed by atoms with E-state index in [4.69, 9.17) is 5.73 Å². The number of nitro benzene ring substituents is 1. The third-order valence-electron chi connectivity index (χ3n) is 3.36. The zero-order valence-electron chi connectivity index (χ0n) is 8.94. The van der Waals surface area contributed by atoms with Gasteiger partial charge in [0.1, 0.15) is 5.82 Å². The zero-order valence-corrected chi connectivity index (χ0v) is 8.94. The summed E-state index contributed by atoms with van der Waals surface area (Å²) in [5.41, 5.74) is 5.81. The molecule has 1 aromatic carbocycles. The van der Waals surface area contributed by atoms with E-state index >= 15 is 0 Å². The second-order valence-electron chi connectivity index (χ2n) is 4.37. The molecule has 0 radical (unpaired) electrons. The van der Waals surface area contributed by atoms with Gasteiger partial charge in [-0.1, -0.05) is 0 Å². The van der Waals surface area contributed by atoms with Crippen molar-refractivity contribution in [1.82, 2.24) is 0 Å². The topological polar surface area (TPSA) is 69.2 Å². The van der Waals surface area contributed by atoms with Crippen LogP contribution in [-0.4, -0.2) is 11.0 Å². The number of non-ortho nitro benzene ring substituents is 1. The number of rotatable bonds is 3. The van der Waals surface area contributed by atoms with E-state index in [1.165, 1.54) is 12.1 Å². The van der Waals surface area contributed by atoms with Gasteiger partial charge < -0.3 is 5.73 Å². The maximum absolute atomic E-state index is 13.7. The summed E-state index contributed by atoms with van der Waals surface area (Å²) in [6.07, 6.45) is 1.69. The van der Waals surface area contributed by atoms with Crippen molar-refractivity contribution >= 4 is 5.69 Å². The summed E-state index contributed by atoms with van der Waals surface area (Å²) < 4.78 is 13.7. The minimum atomic E-state index is -0.599. The third kappa shape index (κ3) is 1.57. The summed E-state index contributed by atoms with van der Waals surface area (Å²) in [6, 6.07) is 3.66. The molecule has 1 fully saturated rings. The summed E-state index contributed by atoms with van der Waals surface area (Å²) >= 11 is 0. The molecule has 2 N–H and O–H groups in total. The molecule has 0 saturated heterocycles. The quantitative estimate of drug-likeness (QED) is 0.631. The van der Waals surface area contributed by atoms with Crippen LogP contribution in [0.4, 0.5) is 10.1 Å². The maximum Gasteiger partial charge on any atom is 0.272 e. The molecule has 16 heavy (non-hydrogen) atoms. The van der Waals surface area contributed by atoms with Gasteiger partial charge in [-0.05, 0) is 31.4 Å². The van der Waals surface area contributed by atoms with Gasteiger partial charge in [0.05, 0.1) is 11.0 Å². The molecule has 1 atom stereocenters. The molecular formula is C11H13FN2O2. The van der Waals surface area contributed by atoms with E-state index in [0.717, 1.165) is 18.9 Å². The molecule has 1 aromatic rings. The fourth-order valence-corrected chi connectivity index (χ4v) is 2.13. The van der Waals surface area contributed by atoms with Gasteiger partial charge in [-0.15, -0.1) is 0 Å². The SMILES string of the molecule is CC(N)C1(c2ccc([N+](=O)[O-])cc2F)CC1. The molecule has 5 heteroatoms. The normalized spacial score (nSPS) is 19.2. The van der Waals surface area contributed by atoms with Crippen LogP contribution in [0.5, 0.6) is 0 Å². The second-order valence-corrected chi connectivity index (χ2v) is 4.37. The van der Waals surface area contributed by atoms with Crippen LogP contribution in [0.3, 0.4) is 0 Å². The Balaban J connectivity index is 2.41. The fourth-order valence-electron chi connectivity index (χ4n) is 2.13.